The Hall–Kier alpha value is -1.39. The highest BCUT2D eigenvalue weighted by Crippen LogP contribution is 2.60. The van der Waals surface area contributed by atoms with Crippen molar-refractivity contribution in [3.8, 4) is 0 Å². The van der Waals surface area contributed by atoms with Crippen molar-refractivity contribution in [2.24, 2.45) is 23.2 Å². The van der Waals surface area contributed by atoms with Gasteiger partial charge in [-0.2, -0.15) is 0 Å². The number of carbonyl (C=O) groups is 3. The van der Waals surface area contributed by atoms with E-state index in [0.717, 1.165) is 17.8 Å². The SMILES string of the molecule is O=C(CCC(=O)C(=O)O)OCC12CC3CC(CC(C3)C1)C2. The monoisotopic (exact) mass is 294 g/mol. The van der Waals surface area contributed by atoms with Gasteiger partial charge >= 0.3 is 11.9 Å². The number of ether oxygens (including phenoxy) is 1. The lowest BCUT2D eigenvalue weighted by Crippen LogP contribution is -2.48. The van der Waals surface area contributed by atoms with E-state index in [1.807, 2.05) is 0 Å². The predicted molar refractivity (Wildman–Crippen MR) is 73.4 cm³/mol. The first kappa shape index (κ1) is 14.5. The smallest absolute Gasteiger partial charge is 0.372 e. The van der Waals surface area contributed by atoms with Gasteiger partial charge in [0.25, 0.3) is 0 Å². The van der Waals surface area contributed by atoms with Crippen LogP contribution in [0, 0.1) is 23.2 Å². The molecule has 0 unspecified atom stereocenters. The van der Waals surface area contributed by atoms with Gasteiger partial charge in [-0.25, -0.2) is 4.79 Å². The third-order valence-corrected chi connectivity index (χ3v) is 5.50. The second-order valence-electron chi connectivity index (χ2n) is 7.31. The molecule has 5 heteroatoms. The Balaban J connectivity index is 1.48. The summed E-state index contributed by atoms with van der Waals surface area (Å²) in [4.78, 5) is 33.1. The molecule has 116 valence electrons. The maximum absolute atomic E-state index is 11.7. The number of hydrogen-bond acceptors (Lipinski definition) is 4. The van der Waals surface area contributed by atoms with Gasteiger partial charge in [0.05, 0.1) is 13.0 Å². The van der Waals surface area contributed by atoms with E-state index in [0.29, 0.717) is 6.61 Å². The van der Waals surface area contributed by atoms with E-state index < -0.39 is 17.7 Å². The van der Waals surface area contributed by atoms with Gasteiger partial charge in [0.1, 0.15) is 0 Å². The van der Waals surface area contributed by atoms with E-state index in [1.54, 1.807) is 0 Å². The largest absolute Gasteiger partial charge is 0.476 e. The van der Waals surface area contributed by atoms with Crippen LogP contribution in [-0.4, -0.2) is 29.4 Å². The van der Waals surface area contributed by atoms with Gasteiger partial charge in [-0.15, -0.1) is 0 Å². The number of esters is 1. The van der Waals surface area contributed by atoms with Gasteiger partial charge in [0.2, 0.25) is 5.78 Å². The van der Waals surface area contributed by atoms with Crippen LogP contribution in [0.5, 0.6) is 0 Å². The molecular weight excluding hydrogens is 272 g/mol. The van der Waals surface area contributed by atoms with Crippen LogP contribution in [0.25, 0.3) is 0 Å². The second-order valence-corrected chi connectivity index (χ2v) is 7.31. The van der Waals surface area contributed by atoms with Crippen LogP contribution in [0.1, 0.15) is 51.4 Å². The number of aliphatic carboxylic acids is 1. The third kappa shape index (κ3) is 3.11. The molecule has 4 saturated carbocycles. The van der Waals surface area contributed by atoms with Gasteiger partial charge in [0.15, 0.2) is 0 Å². The average Bonchev–Trinajstić information content (AvgIpc) is 2.41. The molecule has 0 atom stereocenters. The number of rotatable bonds is 6. The van der Waals surface area contributed by atoms with Crippen molar-refractivity contribution in [2.45, 2.75) is 51.4 Å². The highest BCUT2D eigenvalue weighted by atomic mass is 16.5. The number of hydrogen-bond donors (Lipinski definition) is 1. The second kappa shape index (κ2) is 5.43. The molecule has 4 bridgehead atoms. The lowest BCUT2D eigenvalue weighted by atomic mass is 9.50. The number of carboxylic acids is 1. The summed E-state index contributed by atoms with van der Waals surface area (Å²) < 4.78 is 5.37. The summed E-state index contributed by atoms with van der Waals surface area (Å²) in [7, 11) is 0. The molecule has 0 aromatic rings. The number of Topliss-reactive ketones (excluding diaryl/α,β-unsaturated/α-hetero) is 1. The lowest BCUT2D eigenvalue weighted by Gasteiger charge is -2.56. The van der Waals surface area contributed by atoms with Gasteiger partial charge < -0.3 is 9.84 Å². The van der Waals surface area contributed by atoms with E-state index in [1.165, 1.54) is 38.5 Å². The normalized spacial score (nSPS) is 36.5. The predicted octanol–water partition coefficient (Wildman–Crippen LogP) is 2.18. The highest BCUT2D eigenvalue weighted by molar-refractivity contribution is 6.32. The van der Waals surface area contributed by atoms with Crippen molar-refractivity contribution in [3.63, 3.8) is 0 Å². The zero-order valence-electron chi connectivity index (χ0n) is 12.2. The molecule has 0 radical (unpaired) electrons. The van der Waals surface area contributed by atoms with E-state index in [4.69, 9.17) is 9.84 Å². The molecule has 21 heavy (non-hydrogen) atoms. The summed E-state index contributed by atoms with van der Waals surface area (Å²) in [6, 6.07) is 0. The topological polar surface area (TPSA) is 80.7 Å². The summed E-state index contributed by atoms with van der Waals surface area (Å²) in [5, 5.41) is 8.48. The minimum Gasteiger partial charge on any atom is -0.476 e. The van der Waals surface area contributed by atoms with Gasteiger partial charge in [-0.1, -0.05) is 0 Å². The summed E-state index contributed by atoms with van der Waals surface area (Å²) in [5.41, 5.74) is 0.168. The summed E-state index contributed by atoms with van der Waals surface area (Å²) in [5.74, 6) is -0.429. The van der Waals surface area contributed by atoms with E-state index >= 15 is 0 Å². The minimum atomic E-state index is -1.48. The summed E-state index contributed by atoms with van der Waals surface area (Å²) in [6.07, 6.45) is 7.15. The van der Waals surface area contributed by atoms with Crippen LogP contribution in [-0.2, 0) is 19.1 Å². The summed E-state index contributed by atoms with van der Waals surface area (Å²) in [6.45, 7) is 0.455. The number of carboxylic acid groups (broad SMARTS) is 1. The molecule has 4 rings (SSSR count). The number of carbonyl (C=O) groups excluding carboxylic acids is 2. The molecule has 0 saturated heterocycles. The zero-order chi connectivity index (χ0) is 15.0. The van der Waals surface area contributed by atoms with Crippen molar-refractivity contribution in [3.05, 3.63) is 0 Å². The maximum Gasteiger partial charge on any atom is 0.372 e. The van der Waals surface area contributed by atoms with E-state index in [-0.39, 0.29) is 18.3 Å². The fourth-order valence-corrected chi connectivity index (χ4v) is 5.10. The molecule has 4 aliphatic rings. The van der Waals surface area contributed by atoms with Gasteiger partial charge in [-0.3, -0.25) is 9.59 Å². The van der Waals surface area contributed by atoms with Crippen molar-refractivity contribution in [2.75, 3.05) is 6.61 Å². The van der Waals surface area contributed by atoms with Gasteiger partial charge in [0, 0.05) is 11.8 Å². The van der Waals surface area contributed by atoms with Crippen LogP contribution in [0.2, 0.25) is 0 Å². The number of ketones is 1. The quantitative estimate of drug-likeness (QED) is 0.600. The Morgan fingerprint density at radius 2 is 1.48 bits per heavy atom. The zero-order valence-corrected chi connectivity index (χ0v) is 12.2. The molecule has 4 aliphatic carbocycles. The first-order chi connectivity index (χ1) is 9.96. The molecule has 0 aromatic heterocycles. The average molecular weight is 294 g/mol. The Morgan fingerprint density at radius 1 is 0.952 bits per heavy atom. The van der Waals surface area contributed by atoms with Crippen LogP contribution in [0.4, 0.5) is 0 Å². The summed E-state index contributed by atoms with van der Waals surface area (Å²) >= 11 is 0. The molecular formula is C16H22O5. The van der Waals surface area contributed by atoms with E-state index in [9.17, 15) is 14.4 Å². The Labute approximate surface area is 124 Å². The highest BCUT2D eigenvalue weighted by Gasteiger charge is 2.51. The molecule has 5 nitrogen and oxygen atoms in total. The molecule has 0 spiro atoms. The Kier molecular flexibility index (Phi) is 3.76. The Morgan fingerprint density at radius 3 is 1.95 bits per heavy atom. The first-order valence-electron chi connectivity index (χ1n) is 7.87. The van der Waals surface area contributed by atoms with Crippen molar-refractivity contribution < 1.29 is 24.2 Å². The van der Waals surface area contributed by atoms with Crippen LogP contribution < -0.4 is 0 Å². The Bertz CT molecular complexity index is 432. The van der Waals surface area contributed by atoms with Crippen LogP contribution in [0.3, 0.4) is 0 Å². The van der Waals surface area contributed by atoms with Crippen molar-refractivity contribution >= 4 is 17.7 Å². The van der Waals surface area contributed by atoms with Crippen LogP contribution >= 0.6 is 0 Å². The molecule has 0 aliphatic heterocycles. The fourth-order valence-electron chi connectivity index (χ4n) is 5.10. The molecule has 0 aromatic carbocycles. The van der Waals surface area contributed by atoms with E-state index in [2.05, 4.69) is 0 Å². The standard InChI is InChI=1S/C16H22O5/c17-13(15(19)20)1-2-14(18)21-9-16-6-10-3-11(7-16)5-12(4-10)8-16/h10-12H,1-9H2,(H,19,20). The molecule has 4 fully saturated rings. The molecule has 0 amide bonds. The lowest BCUT2D eigenvalue weighted by molar-refractivity contribution is -0.157. The van der Waals surface area contributed by atoms with Crippen LogP contribution in [0.15, 0.2) is 0 Å². The van der Waals surface area contributed by atoms with Crippen molar-refractivity contribution in [1.29, 1.82) is 0 Å². The maximum atomic E-state index is 11.7. The third-order valence-electron chi connectivity index (χ3n) is 5.50. The van der Waals surface area contributed by atoms with Crippen molar-refractivity contribution in [1.82, 2.24) is 0 Å². The fraction of sp³-hybridized carbons (Fsp3) is 0.812. The molecule has 0 heterocycles. The molecule has 1 N–H and O–H groups in total. The van der Waals surface area contributed by atoms with Gasteiger partial charge in [-0.05, 0) is 56.3 Å². The minimum absolute atomic E-state index is 0.127. The first-order valence-corrected chi connectivity index (χ1v) is 7.87.